The standard InChI is InChI=1S/C6H10N2O2/c1-2-4(3-7)5(8)6(9)10/h4-5H,2,8H2,1H3,(H,9,10). The summed E-state index contributed by atoms with van der Waals surface area (Å²) in [6, 6.07) is 0.781. The van der Waals surface area contributed by atoms with E-state index >= 15 is 0 Å². The van der Waals surface area contributed by atoms with Crippen LogP contribution in [0.3, 0.4) is 0 Å². The van der Waals surface area contributed by atoms with E-state index in [0.717, 1.165) is 0 Å². The largest absolute Gasteiger partial charge is 0.480 e. The van der Waals surface area contributed by atoms with E-state index in [1.54, 1.807) is 6.92 Å². The van der Waals surface area contributed by atoms with Gasteiger partial charge in [-0.3, -0.25) is 4.79 Å². The van der Waals surface area contributed by atoms with Gasteiger partial charge in [0.25, 0.3) is 0 Å². The molecule has 0 fully saturated rings. The summed E-state index contributed by atoms with van der Waals surface area (Å²) in [4.78, 5) is 10.2. The number of nitrogens with zero attached hydrogens (tertiary/aromatic N) is 1. The molecule has 4 heteroatoms. The number of carboxylic acid groups (broad SMARTS) is 1. The molecule has 0 radical (unpaired) electrons. The van der Waals surface area contributed by atoms with E-state index in [2.05, 4.69) is 0 Å². The number of nitrogens with two attached hydrogens (primary N) is 1. The summed E-state index contributed by atoms with van der Waals surface area (Å²) in [5.74, 6) is -1.69. The fourth-order valence-corrected chi connectivity index (χ4v) is 0.598. The van der Waals surface area contributed by atoms with Gasteiger partial charge in [0.05, 0.1) is 12.0 Å². The molecule has 0 aromatic carbocycles. The lowest BCUT2D eigenvalue weighted by Crippen LogP contribution is -2.36. The summed E-state index contributed by atoms with van der Waals surface area (Å²) in [7, 11) is 0. The molecule has 0 heterocycles. The maximum Gasteiger partial charge on any atom is 0.321 e. The summed E-state index contributed by atoms with van der Waals surface area (Å²) in [6.07, 6.45) is 0.476. The second-order valence-corrected chi connectivity index (χ2v) is 2.01. The van der Waals surface area contributed by atoms with E-state index in [4.69, 9.17) is 16.1 Å². The number of hydrogen-bond acceptors (Lipinski definition) is 3. The van der Waals surface area contributed by atoms with Gasteiger partial charge >= 0.3 is 5.97 Å². The lowest BCUT2D eigenvalue weighted by Gasteiger charge is -2.09. The van der Waals surface area contributed by atoms with Gasteiger partial charge in [0.2, 0.25) is 0 Å². The first-order valence-corrected chi connectivity index (χ1v) is 3.01. The van der Waals surface area contributed by atoms with Gasteiger partial charge in [-0.25, -0.2) is 0 Å². The number of carboxylic acids is 1. The molecule has 0 aliphatic heterocycles. The van der Waals surface area contributed by atoms with Crippen LogP contribution in [0, 0.1) is 17.2 Å². The number of aliphatic carboxylic acids is 1. The van der Waals surface area contributed by atoms with Gasteiger partial charge in [0, 0.05) is 0 Å². The van der Waals surface area contributed by atoms with Crippen LogP contribution in [0.25, 0.3) is 0 Å². The minimum Gasteiger partial charge on any atom is -0.480 e. The SMILES string of the molecule is CCC(C#N)C(N)C(=O)O. The smallest absolute Gasteiger partial charge is 0.321 e. The zero-order valence-corrected chi connectivity index (χ0v) is 5.74. The summed E-state index contributed by atoms with van der Waals surface area (Å²) >= 11 is 0. The summed E-state index contributed by atoms with van der Waals surface area (Å²) < 4.78 is 0. The Morgan fingerprint density at radius 1 is 1.90 bits per heavy atom. The Morgan fingerprint density at radius 3 is 2.50 bits per heavy atom. The first kappa shape index (κ1) is 8.92. The van der Waals surface area contributed by atoms with Crippen molar-refractivity contribution in [3.8, 4) is 6.07 Å². The van der Waals surface area contributed by atoms with Gasteiger partial charge < -0.3 is 10.8 Å². The van der Waals surface area contributed by atoms with Crippen molar-refractivity contribution in [2.24, 2.45) is 11.7 Å². The molecule has 0 amide bonds. The van der Waals surface area contributed by atoms with Crippen LogP contribution in [0.4, 0.5) is 0 Å². The van der Waals surface area contributed by atoms with E-state index in [9.17, 15) is 4.79 Å². The molecule has 0 spiro atoms. The predicted octanol–water partition coefficient (Wildman–Crippen LogP) is -0.0519. The van der Waals surface area contributed by atoms with Crippen molar-refractivity contribution in [2.45, 2.75) is 19.4 Å². The van der Waals surface area contributed by atoms with Crippen molar-refractivity contribution in [1.82, 2.24) is 0 Å². The molecule has 0 bridgehead atoms. The number of carbonyl (C=O) groups is 1. The molecule has 3 N–H and O–H groups in total. The van der Waals surface area contributed by atoms with Crippen LogP contribution in [-0.4, -0.2) is 17.1 Å². The van der Waals surface area contributed by atoms with Crippen LogP contribution in [0.1, 0.15) is 13.3 Å². The molecule has 2 unspecified atom stereocenters. The third kappa shape index (κ3) is 2.03. The van der Waals surface area contributed by atoms with Gasteiger partial charge in [-0.15, -0.1) is 0 Å². The first-order chi connectivity index (χ1) is 4.63. The van der Waals surface area contributed by atoms with Gasteiger partial charge in [0.1, 0.15) is 6.04 Å². The van der Waals surface area contributed by atoms with Crippen molar-refractivity contribution >= 4 is 5.97 Å². The third-order valence-electron chi connectivity index (χ3n) is 1.32. The van der Waals surface area contributed by atoms with Crippen LogP contribution in [0.2, 0.25) is 0 Å². The summed E-state index contributed by atoms with van der Waals surface area (Å²) in [5.41, 5.74) is 5.16. The van der Waals surface area contributed by atoms with Crippen molar-refractivity contribution in [2.75, 3.05) is 0 Å². The molecule has 0 aromatic heterocycles. The van der Waals surface area contributed by atoms with Crippen LogP contribution in [-0.2, 0) is 4.79 Å². The van der Waals surface area contributed by atoms with Crippen LogP contribution < -0.4 is 5.73 Å². The Bertz CT molecular complexity index is 162. The summed E-state index contributed by atoms with van der Waals surface area (Å²) in [6.45, 7) is 1.73. The fourth-order valence-electron chi connectivity index (χ4n) is 0.598. The molecule has 0 rings (SSSR count). The molecule has 56 valence electrons. The van der Waals surface area contributed by atoms with Crippen LogP contribution >= 0.6 is 0 Å². The highest BCUT2D eigenvalue weighted by Gasteiger charge is 2.21. The molecule has 0 aliphatic rings. The maximum atomic E-state index is 10.2. The molecule has 10 heavy (non-hydrogen) atoms. The predicted molar refractivity (Wildman–Crippen MR) is 35.0 cm³/mol. The molecule has 0 aromatic rings. The van der Waals surface area contributed by atoms with Crippen molar-refractivity contribution in [3.63, 3.8) is 0 Å². The first-order valence-electron chi connectivity index (χ1n) is 3.01. The molecule has 0 aliphatic carbocycles. The van der Waals surface area contributed by atoms with E-state index in [0.29, 0.717) is 6.42 Å². The monoisotopic (exact) mass is 142 g/mol. The lowest BCUT2D eigenvalue weighted by molar-refractivity contribution is -0.139. The molecular formula is C6H10N2O2. The fraction of sp³-hybridized carbons (Fsp3) is 0.667. The van der Waals surface area contributed by atoms with Gasteiger partial charge in [0.15, 0.2) is 0 Å². The number of hydrogen-bond donors (Lipinski definition) is 2. The molecular weight excluding hydrogens is 132 g/mol. The minimum atomic E-state index is -1.12. The van der Waals surface area contributed by atoms with Gasteiger partial charge in [-0.05, 0) is 6.42 Å². The minimum absolute atomic E-state index is 0.476. The summed E-state index contributed by atoms with van der Waals surface area (Å²) in [5, 5.41) is 16.7. The second kappa shape index (κ2) is 3.85. The zero-order chi connectivity index (χ0) is 8.15. The molecule has 0 saturated carbocycles. The lowest BCUT2D eigenvalue weighted by atomic mass is 10.00. The Morgan fingerprint density at radius 2 is 2.40 bits per heavy atom. The Labute approximate surface area is 59.3 Å². The highest BCUT2D eigenvalue weighted by molar-refractivity contribution is 5.73. The molecule has 0 saturated heterocycles. The normalized spacial score (nSPS) is 15.3. The van der Waals surface area contributed by atoms with E-state index in [1.165, 1.54) is 0 Å². The Hall–Kier alpha value is -1.08. The Balaban J connectivity index is 4.05. The second-order valence-electron chi connectivity index (χ2n) is 2.01. The molecule has 2 atom stereocenters. The maximum absolute atomic E-state index is 10.2. The van der Waals surface area contributed by atoms with Crippen LogP contribution in [0.5, 0.6) is 0 Å². The highest BCUT2D eigenvalue weighted by atomic mass is 16.4. The number of nitriles is 1. The zero-order valence-electron chi connectivity index (χ0n) is 5.74. The van der Waals surface area contributed by atoms with E-state index < -0.39 is 17.9 Å². The van der Waals surface area contributed by atoms with E-state index in [-0.39, 0.29) is 0 Å². The van der Waals surface area contributed by atoms with Gasteiger partial charge in [-0.1, -0.05) is 6.92 Å². The topological polar surface area (TPSA) is 87.1 Å². The van der Waals surface area contributed by atoms with Gasteiger partial charge in [-0.2, -0.15) is 5.26 Å². The van der Waals surface area contributed by atoms with Crippen molar-refractivity contribution in [1.29, 1.82) is 5.26 Å². The van der Waals surface area contributed by atoms with Crippen molar-refractivity contribution < 1.29 is 9.90 Å². The Kier molecular flexibility index (Phi) is 3.44. The molecule has 4 nitrogen and oxygen atoms in total. The quantitative estimate of drug-likeness (QED) is 0.578. The average molecular weight is 142 g/mol. The van der Waals surface area contributed by atoms with E-state index in [1.807, 2.05) is 6.07 Å². The highest BCUT2D eigenvalue weighted by Crippen LogP contribution is 2.04. The van der Waals surface area contributed by atoms with Crippen molar-refractivity contribution in [3.05, 3.63) is 0 Å². The number of rotatable bonds is 3. The average Bonchev–Trinajstić information content (AvgIpc) is 1.90. The van der Waals surface area contributed by atoms with Crippen LogP contribution in [0.15, 0.2) is 0 Å². The third-order valence-corrected chi connectivity index (χ3v) is 1.32.